The summed E-state index contributed by atoms with van der Waals surface area (Å²) in [5.74, 6) is 2.74. The molecule has 0 saturated carbocycles. The minimum absolute atomic E-state index is 0.538. The molecule has 152 valence electrons. The fourth-order valence-electron chi connectivity index (χ4n) is 3.59. The van der Waals surface area contributed by atoms with Crippen molar-refractivity contribution in [1.29, 1.82) is 0 Å². The third kappa shape index (κ3) is 5.86. The van der Waals surface area contributed by atoms with Crippen LogP contribution in [-0.2, 0) is 6.54 Å². The van der Waals surface area contributed by atoms with E-state index in [1.165, 1.54) is 18.4 Å². The van der Waals surface area contributed by atoms with Crippen LogP contribution >= 0.6 is 0 Å². The number of hydrogen-bond donors (Lipinski definition) is 1. The average molecular weight is 384 g/mol. The first-order valence-electron chi connectivity index (χ1n) is 10.5. The topological polar surface area (TPSA) is 46.6 Å². The molecule has 0 amide bonds. The van der Waals surface area contributed by atoms with Crippen molar-refractivity contribution in [2.45, 2.75) is 51.6 Å². The molecule has 0 aliphatic carbocycles. The molecule has 1 aromatic carbocycles. The Hall–Kier alpha value is -2.27. The lowest BCUT2D eigenvalue weighted by molar-refractivity contribution is 0.285. The van der Waals surface area contributed by atoms with Crippen molar-refractivity contribution in [3.05, 3.63) is 48.2 Å². The Morgan fingerprint density at radius 3 is 2.68 bits per heavy atom. The van der Waals surface area contributed by atoms with Gasteiger partial charge in [-0.25, -0.2) is 4.98 Å². The molecule has 2 heterocycles. The summed E-state index contributed by atoms with van der Waals surface area (Å²) in [5.41, 5.74) is 1.23. The number of rotatable bonds is 10. The number of nitrogens with one attached hydrogen (secondary N) is 1. The van der Waals surface area contributed by atoms with Gasteiger partial charge in [0.2, 0.25) is 0 Å². The normalized spacial score (nSPS) is 14.9. The number of unbranched alkanes of at least 4 members (excludes halogenated alkanes) is 2. The van der Waals surface area contributed by atoms with Crippen LogP contribution in [0.5, 0.6) is 11.5 Å². The zero-order chi connectivity index (χ0) is 19.6. The first kappa shape index (κ1) is 20.5. The molecule has 1 saturated heterocycles. The van der Waals surface area contributed by atoms with E-state index in [0.29, 0.717) is 6.04 Å². The maximum Gasteiger partial charge on any atom is 0.161 e. The van der Waals surface area contributed by atoms with Gasteiger partial charge >= 0.3 is 0 Å². The van der Waals surface area contributed by atoms with E-state index in [-0.39, 0.29) is 0 Å². The van der Waals surface area contributed by atoms with Crippen LogP contribution in [0.2, 0.25) is 0 Å². The van der Waals surface area contributed by atoms with E-state index >= 15 is 0 Å². The highest BCUT2D eigenvalue weighted by atomic mass is 16.5. The number of anilines is 1. The number of nitrogens with zero attached hydrogens (tertiary/aromatic N) is 2. The van der Waals surface area contributed by atoms with Crippen LogP contribution in [0.3, 0.4) is 0 Å². The lowest BCUT2D eigenvalue weighted by atomic mass is 10.0. The molecule has 1 N–H and O–H groups in total. The maximum atomic E-state index is 5.96. The molecule has 0 atom stereocenters. The van der Waals surface area contributed by atoms with Crippen LogP contribution in [0.4, 0.5) is 5.82 Å². The Bertz CT molecular complexity index is 700. The summed E-state index contributed by atoms with van der Waals surface area (Å²) < 4.78 is 11.4. The smallest absolute Gasteiger partial charge is 0.161 e. The molecule has 5 heteroatoms. The van der Waals surface area contributed by atoms with Crippen molar-refractivity contribution >= 4 is 5.82 Å². The third-order valence-electron chi connectivity index (χ3n) is 5.30. The first-order chi connectivity index (χ1) is 13.8. The summed E-state index contributed by atoms with van der Waals surface area (Å²) in [6.45, 7) is 5.89. The fourth-order valence-corrected chi connectivity index (χ4v) is 3.59. The van der Waals surface area contributed by atoms with E-state index in [2.05, 4.69) is 46.4 Å². The van der Waals surface area contributed by atoms with Crippen molar-refractivity contribution in [3.63, 3.8) is 0 Å². The minimum atomic E-state index is 0.538. The first-order valence-corrected chi connectivity index (χ1v) is 10.5. The SMILES string of the molecule is CCCCCOc1cc(CNC2CCN(c3ccccn3)CC2)ccc1OC. The molecular weight excluding hydrogens is 350 g/mol. The van der Waals surface area contributed by atoms with Crippen molar-refractivity contribution in [2.24, 2.45) is 0 Å². The molecule has 1 fully saturated rings. The van der Waals surface area contributed by atoms with Crippen LogP contribution in [0, 0.1) is 0 Å². The second-order valence-electron chi connectivity index (χ2n) is 7.37. The van der Waals surface area contributed by atoms with Crippen LogP contribution in [0.1, 0.15) is 44.6 Å². The number of pyridine rings is 1. The molecule has 5 nitrogen and oxygen atoms in total. The molecule has 1 aliphatic rings. The van der Waals surface area contributed by atoms with Gasteiger partial charge in [0, 0.05) is 31.9 Å². The van der Waals surface area contributed by atoms with E-state index in [9.17, 15) is 0 Å². The quantitative estimate of drug-likeness (QED) is 0.616. The second-order valence-corrected chi connectivity index (χ2v) is 7.37. The van der Waals surface area contributed by atoms with Crippen LogP contribution in [0.25, 0.3) is 0 Å². The molecule has 1 aromatic heterocycles. The molecule has 2 aromatic rings. The molecule has 0 radical (unpaired) electrons. The molecule has 0 unspecified atom stereocenters. The molecule has 0 spiro atoms. The number of aromatic nitrogens is 1. The zero-order valence-electron chi connectivity index (χ0n) is 17.2. The number of piperidine rings is 1. The van der Waals surface area contributed by atoms with Gasteiger partial charge in [-0.2, -0.15) is 0 Å². The van der Waals surface area contributed by atoms with Gasteiger partial charge < -0.3 is 19.7 Å². The summed E-state index contributed by atoms with van der Waals surface area (Å²) in [7, 11) is 1.70. The summed E-state index contributed by atoms with van der Waals surface area (Å²) in [6.07, 6.45) is 7.60. The van der Waals surface area contributed by atoms with Crippen molar-refractivity contribution in [2.75, 3.05) is 31.7 Å². The zero-order valence-corrected chi connectivity index (χ0v) is 17.2. The Balaban J connectivity index is 1.48. The second kappa shape index (κ2) is 10.9. The van der Waals surface area contributed by atoms with E-state index in [1.54, 1.807) is 7.11 Å². The summed E-state index contributed by atoms with van der Waals surface area (Å²) in [5, 5.41) is 3.71. The molecule has 1 aliphatic heterocycles. The van der Waals surface area contributed by atoms with Gasteiger partial charge in [-0.15, -0.1) is 0 Å². The minimum Gasteiger partial charge on any atom is -0.493 e. The van der Waals surface area contributed by atoms with Gasteiger partial charge in [0.25, 0.3) is 0 Å². The van der Waals surface area contributed by atoms with Gasteiger partial charge in [-0.05, 0) is 49.1 Å². The van der Waals surface area contributed by atoms with E-state index in [0.717, 1.165) is 62.8 Å². The van der Waals surface area contributed by atoms with Gasteiger partial charge in [0.05, 0.1) is 13.7 Å². The summed E-state index contributed by atoms with van der Waals surface area (Å²) in [6, 6.07) is 12.9. The summed E-state index contributed by atoms with van der Waals surface area (Å²) >= 11 is 0. The Morgan fingerprint density at radius 1 is 1.11 bits per heavy atom. The van der Waals surface area contributed by atoms with Crippen molar-refractivity contribution in [3.8, 4) is 11.5 Å². The molecular formula is C23H33N3O2. The molecule has 3 rings (SSSR count). The number of ether oxygens (including phenoxy) is 2. The summed E-state index contributed by atoms with van der Waals surface area (Å²) in [4.78, 5) is 6.83. The number of methoxy groups -OCH3 is 1. The number of hydrogen-bond acceptors (Lipinski definition) is 5. The molecule has 0 bridgehead atoms. The Kier molecular flexibility index (Phi) is 7.97. The third-order valence-corrected chi connectivity index (χ3v) is 5.30. The van der Waals surface area contributed by atoms with E-state index < -0.39 is 0 Å². The van der Waals surface area contributed by atoms with Gasteiger partial charge in [0.1, 0.15) is 5.82 Å². The highest BCUT2D eigenvalue weighted by Crippen LogP contribution is 2.28. The van der Waals surface area contributed by atoms with Crippen LogP contribution in [-0.4, -0.2) is 37.8 Å². The maximum absolute atomic E-state index is 5.96. The van der Waals surface area contributed by atoms with Crippen LogP contribution < -0.4 is 19.7 Å². The average Bonchev–Trinajstić information content (AvgIpc) is 2.76. The lowest BCUT2D eigenvalue weighted by Gasteiger charge is -2.33. The standard InChI is InChI=1S/C23H33N3O2/c1-3-4-7-16-28-22-17-19(9-10-21(22)27-2)18-25-20-11-14-26(15-12-20)23-8-5-6-13-24-23/h5-6,8-10,13,17,20,25H,3-4,7,11-12,14-16,18H2,1-2H3. The van der Waals surface area contributed by atoms with Crippen LogP contribution in [0.15, 0.2) is 42.6 Å². The highest BCUT2D eigenvalue weighted by Gasteiger charge is 2.19. The predicted octanol–water partition coefficient (Wildman–Crippen LogP) is 4.42. The monoisotopic (exact) mass is 383 g/mol. The Labute approximate surface area is 169 Å². The fraction of sp³-hybridized carbons (Fsp3) is 0.522. The van der Waals surface area contributed by atoms with Gasteiger partial charge in [-0.3, -0.25) is 0 Å². The van der Waals surface area contributed by atoms with E-state index in [4.69, 9.17) is 9.47 Å². The van der Waals surface area contributed by atoms with E-state index in [1.807, 2.05) is 18.3 Å². The largest absolute Gasteiger partial charge is 0.493 e. The number of benzene rings is 1. The highest BCUT2D eigenvalue weighted by molar-refractivity contribution is 5.43. The lowest BCUT2D eigenvalue weighted by Crippen LogP contribution is -2.42. The van der Waals surface area contributed by atoms with Gasteiger partial charge in [-0.1, -0.05) is 31.9 Å². The Morgan fingerprint density at radius 2 is 1.96 bits per heavy atom. The van der Waals surface area contributed by atoms with Crippen molar-refractivity contribution in [1.82, 2.24) is 10.3 Å². The van der Waals surface area contributed by atoms with Gasteiger partial charge in [0.15, 0.2) is 11.5 Å². The van der Waals surface area contributed by atoms with Crippen molar-refractivity contribution < 1.29 is 9.47 Å². The predicted molar refractivity (Wildman–Crippen MR) is 114 cm³/mol. The molecule has 28 heavy (non-hydrogen) atoms.